The van der Waals surface area contributed by atoms with E-state index < -0.39 is 11.7 Å². The summed E-state index contributed by atoms with van der Waals surface area (Å²) in [6, 6.07) is 4.92. The molecule has 1 N–H and O–H groups in total. The van der Waals surface area contributed by atoms with Crippen LogP contribution in [-0.2, 0) is 9.59 Å². The number of ketones is 1. The molecule has 2 amide bonds. The van der Waals surface area contributed by atoms with Gasteiger partial charge in [0.05, 0.1) is 16.9 Å². The van der Waals surface area contributed by atoms with Crippen LogP contribution in [0.15, 0.2) is 18.2 Å². The normalized spacial score (nSPS) is 17.9. The van der Waals surface area contributed by atoms with Crippen LogP contribution in [0.1, 0.15) is 10.4 Å². The molecule has 3 rings (SSSR count). The van der Waals surface area contributed by atoms with Gasteiger partial charge in [-0.15, -0.1) is 0 Å². The number of benzene rings is 1. The quantitative estimate of drug-likeness (QED) is 0.610. The zero-order chi connectivity index (χ0) is 10.6. The van der Waals surface area contributed by atoms with Crippen molar-refractivity contribution in [1.82, 2.24) is 0 Å². The molecule has 2 heterocycles. The molecule has 0 radical (unpaired) electrons. The molecule has 15 heavy (non-hydrogen) atoms. The van der Waals surface area contributed by atoms with E-state index in [4.69, 9.17) is 0 Å². The molecular weight excluding hydrogens is 196 g/mol. The summed E-state index contributed by atoms with van der Waals surface area (Å²) in [5, 5.41) is 2.63. The number of carbonyl (C=O) groups excluding carboxylic acids is 3. The maximum atomic E-state index is 11.5. The first-order valence-corrected chi connectivity index (χ1v) is 4.47. The van der Waals surface area contributed by atoms with E-state index in [1.807, 2.05) is 0 Å². The molecule has 2 aliphatic rings. The molecule has 2 aliphatic heterocycles. The number of carbonyl (C=O) groups is 3. The number of hydrogen-bond donors (Lipinski definition) is 1. The molecular formula is C10H6N2O3. The minimum atomic E-state index is -0.618. The molecule has 1 aromatic carbocycles. The Morgan fingerprint density at radius 1 is 1.20 bits per heavy atom. The molecule has 5 heteroatoms. The molecule has 1 aromatic rings. The Bertz CT molecular complexity index is 521. The molecule has 5 nitrogen and oxygen atoms in total. The highest BCUT2D eigenvalue weighted by molar-refractivity contribution is 6.53. The van der Waals surface area contributed by atoms with E-state index in [2.05, 4.69) is 5.32 Å². The summed E-state index contributed by atoms with van der Waals surface area (Å²) >= 11 is 0. The summed E-state index contributed by atoms with van der Waals surface area (Å²) < 4.78 is 0. The number of hydrogen-bond acceptors (Lipinski definition) is 3. The number of nitrogens with zero attached hydrogens (tertiary/aromatic N) is 1. The topological polar surface area (TPSA) is 66.5 Å². The van der Waals surface area contributed by atoms with Crippen molar-refractivity contribution in [2.24, 2.45) is 0 Å². The van der Waals surface area contributed by atoms with Gasteiger partial charge in [0.15, 0.2) is 0 Å². The molecule has 0 bridgehead atoms. The van der Waals surface area contributed by atoms with Crippen molar-refractivity contribution in [3.63, 3.8) is 0 Å². The number of amides is 2. The van der Waals surface area contributed by atoms with E-state index in [-0.39, 0.29) is 12.5 Å². The van der Waals surface area contributed by atoms with Crippen LogP contribution in [0, 0.1) is 0 Å². The maximum Gasteiger partial charge on any atom is 0.300 e. The zero-order valence-electron chi connectivity index (χ0n) is 7.61. The Morgan fingerprint density at radius 2 is 2.00 bits per heavy atom. The third-order valence-electron chi connectivity index (χ3n) is 2.57. The Labute approximate surface area is 84.7 Å². The summed E-state index contributed by atoms with van der Waals surface area (Å²) in [5.41, 5.74) is 1.44. The van der Waals surface area contributed by atoms with Gasteiger partial charge in [0.2, 0.25) is 5.91 Å². The largest absolute Gasteiger partial charge is 0.323 e. The first-order valence-electron chi connectivity index (χ1n) is 4.47. The van der Waals surface area contributed by atoms with Crippen LogP contribution in [-0.4, -0.2) is 24.1 Å². The lowest BCUT2D eigenvalue weighted by molar-refractivity contribution is -0.119. The van der Waals surface area contributed by atoms with Crippen LogP contribution < -0.4 is 10.2 Å². The minimum Gasteiger partial charge on any atom is -0.323 e. The van der Waals surface area contributed by atoms with E-state index in [0.717, 1.165) is 0 Å². The average Bonchev–Trinajstić information content (AvgIpc) is 2.46. The fourth-order valence-corrected chi connectivity index (χ4v) is 1.94. The van der Waals surface area contributed by atoms with Crippen molar-refractivity contribution in [3.05, 3.63) is 23.8 Å². The van der Waals surface area contributed by atoms with Crippen molar-refractivity contribution >= 4 is 29.0 Å². The lowest BCUT2D eigenvalue weighted by Gasteiger charge is -2.24. The molecule has 0 aromatic heterocycles. The van der Waals surface area contributed by atoms with E-state index in [1.165, 1.54) is 4.90 Å². The van der Waals surface area contributed by atoms with E-state index >= 15 is 0 Å². The second-order valence-electron chi connectivity index (χ2n) is 3.47. The maximum absolute atomic E-state index is 11.5. The van der Waals surface area contributed by atoms with Crippen molar-refractivity contribution < 1.29 is 14.4 Å². The summed E-state index contributed by atoms with van der Waals surface area (Å²) in [5.74, 6) is -1.43. The first-order chi connectivity index (χ1) is 7.18. The van der Waals surface area contributed by atoms with Crippen LogP contribution in [0.2, 0.25) is 0 Å². The number of para-hydroxylation sites is 1. The van der Waals surface area contributed by atoms with Gasteiger partial charge in [0, 0.05) is 0 Å². The van der Waals surface area contributed by atoms with Crippen LogP contribution in [0.4, 0.5) is 11.4 Å². The van der Waals surface area contributed by atoms with Gasteiger partial charge < -0.3 is 5.32 Å². The van der Waals surface area contributed by atoms with Crippen LogP contribution in [0.5, 0.6) is 0 Å². The van der Waals surface area contributed by atoms with Gasteiger partial charge in [-0.2, -0.15) is 0 Å². The van der Waals surface area contributed by atoms with Gasteiger partial charge in [-0.05, 0) is 12.1 Å². The van der Waals surface area contributed by atoms with Gasteiger partial charge >= 0.3 is 0 Å². The predicted octanol–water partition coefficient (Wildman–Crippen LogP) is 0.168. The highest BCUT2D eigenvalue weighted by Gasteiger charge is 2.40. The summed E-state index contributed by atoms with van der Waals surface area (Å²) in [4.78, 5) is 35.5. The Kier molecular flexibility index (Phi) is 1.33. The smallest absolute Gasteiger partial charge is 0.300 e. The summed E-state index contributed by atoms with van der Waals surface area (Å²) in [7, 11) is 0. The van der Waals surface area contributed by atoms with Crippen molar-refractivity contribution in [2.45, 2.75) is 0 Å². The Morgan fingerprint density at radius 3 is 2.80 bits per heavy atom. The van der Waals surface area contributed by atoms with Crippen LogP contribution in [0.3, 0.4) is 0 Å². The SMILES string of the molecule is O=C1CN2C(=O)C(=O)c3cccc(c32)N1. The minimum absolute atomic E-state index is 0.0748. The molecule has 0 saturated heterocycles. The summed E-state index contributed by atoms with van der Waals surface area (Å²) in [6.45, 7) is -0.0748. The van der Waals surface area contributed by atoms with Gasteiger partial charge in [0.25, 0.3) is 11.7 Å². The lowest BCUT2D eigenvalue weighted by atomic mass is 10.1. The van der Waals surface area contributed by atoms with Gasteiger partial charge in [-0.3, -0.25) is 19.3 Å². The van der Waals surface area contributed by atoms with Crippen LogP contribution >= 0.6 is 0 Å². The Balaban J connectivity index is 2.32. The van der Waals surface area contributed by atoms with E-state index in [1.54, 1.807) is 18.2 Å². The number of rotatable bonds is 0. The molecule has 74 valence electrons. The van der Waals surface area contributed by atoms with Crippen molar-refractivity contribution in [1.29, 1.82) is 0 Å². The average molecular weight is 202 g/mol. The van der Waals surface area contributed by atoms with Gasteiger partial charge in [0.1, 0.15) is 6.54 Å². The van der Waals surface area contributed by atoms with Crippen LogP contribution in [0.25, 0.3) is 0 Å². The molecule has 0 atom stereocenters. The van der Waals surface area contributed by atoms with E-state index in [0.29, 0.717) is 16.9 Å². The third kappa shape index (κ3) is 0.890. The van der Waals surface area contributed by atoms with Gasteiger partial charge in [-0.1, -0.05) is 6.07 Å². The highest BCUT2D eigenvalue weighted by atomic mass is 16.2. The fourth-order valence-electron chi connectivity index (χ4n) is 1.94. The monoisotopic (exact) mass is 202 g/mol. The fraction of sp³-hybridized carbons (Fsp3) is 0.100. The molecule has 0 saturated carbocycles. The first kappa shape index (κ1) is 8.16. The zero-order valence-corrected chi connectivity index (χ0v) is 7.61. The number of nitrogens with one attached hydrogen (secondary N) is 1. The lowest BCUT2D eigenvalue weighted by Crippen LogP contribution is -2.40. The standard InChI is InChI=1S/C10H6N2O3/c13-7-4-12-8-5(9(14)10(12)15)2-1-3-6(8)11-7/h1-3H,4H2,(H,11,13). The second-order valence-corrected chi connectivity index (χ2v) is 3.47. The highest BCUT2D eigenvalue weighted by Crippen LogP contribution is 2.37. The molecule has 0 aliphatic carbocycles. The second kappa shape index (κ2) is 2.44. The number of Topliss-reactive ketones (excluding diaryl/α,β-unsaturated/α-hetero) is 1. The van der Waals surface area contributed by atoms with E-state index in [9.17, 15) is 14.4 Å². The number of anilines is 2. The molecule has 0 spiro atoms. The van der Waals surface area contributed by atoms with Crippen molar-refractivity contribution in [3.8, 4) is 0 Å². The summed E-state index contributed by atoms with van der Waals surface area (Å²) in [6.07, 6.45) is 0. The third-order valence-corrected chi connectivity index (χ3v) is 2.57. The Hall–Kier alpha value is -2.17. The predicted molar refractivity (Wildman–Crippen MR) is 51.8 cm³/mol. The van der Waals surface area contributed by atoms with Crippen molar-refractivity contribution in [2.75, 3.05) is 16.8 Å². The molecule has 0 fully saturated rings. The van der Waals surface area contributed by atoms with Gasteiger partial charge in [-0.25, -0.2) is 0 Å². The molecule has 0 unspecified atom stereocenters.